The Hall–Kier alpha value is -1.59. The van der Waals surface area contributed by atoms with Crippen LogP contribution in [0.25, 0.3) is 0 Å². The van der Waals surface area contributed by atoms with Gasteiger partial charge in [0.1, 0.15) is 5.75 Å². The van der Waals surface area contributed by atoms with Gasteiger partial charge in [-0.15, -0.1) is 0 Å². The van der Waals surface area contributed by atoms with E-state index in [0.29, 0.717) is 12.6 Å². The average Bonchev–Trinajstić information content (AvgIpc) is 2.36. The van der Waals surface area contributed by atoms with Crippen LogP contribution in [0.4, 0.5) is 0 Å². The summed E-state index contributed by atoms with van der Waals surface area (Å²) in [5, 5.41) is 29.7. The molecule has 1 aromatic carbocycles. The summed E-state index contributed by atoms with van der Waals surface area (Å²) in [6, 6.07) is 7.09. The molecular formula is C15H25NO4. The molecule has 0 radical (unpaired) electrons. The van der Waals surface area contributed by atoms with Crippen LogP contribution in [0.5, 0.6) is 5.75 Å². The van der Waals surface area contributed by atoms with E-state index in [2.05, 4.69) is 19.2 Å². The maximum absolute atomic E-state index is 9.88. The van der Waals surface area contributed by atoms with Gasteiger partial charge in [-0.3, -0.25) is 4.79 Å². The number of hydrogen-bond acceptors (Lipinski definition) is 4. The number of aromatic hydroxyl groups is 1. The van der Waals surface area contributed by atoms with Gasteiger partial charge in [0.15, 0.2) is 0 Å². The first-order valence-electron chi connectivity index (χ1n) is 6.76. The second-order valence-electron chi connectivity index (χ2n) is 4.72. The Labute approximate surface area is 120 Å². The monoisotopic (exact) mass is 283 g/mol. The van der Waals surface area contributed by atoms with Crippen molar-refractivity contribution in [3.63, 3.8) is 0 Å². The quantitative estimate of drug-likeness (QED) is 0.643. The molecule has 114 valence electrons. The van der Waals surface area contributed by atoms with Gasteiger partial charge < -0.3 is 20.6 Å². The molecule has 0 heterocycles. The third kappa shape index (κ3) is 9.35. The zero-order valence-electron chi connectivity index (χ0n) is 12.3. The topological polar surface area (TPSA) is 89.8 Å². The molecule has 0 saturated carbocycles. The first-order valence-corrected chi connectivity index (χ1v) is 6.76. The zero-order valence-corrected chi connectivity index (χ0v) is 12.3. The Morgan fingerprint density at radius 3 is 2.25 bits per heavy atom. The van der Waals surface area contributed by atoms with E-state index in [9.17, 15) is 5.11 Å². The normalized spacial score (nSPS) is 13.0. The molecule has 0 fully saturated rings. The van der Waals surface area contributed by atoms with Gasteiger partial charge in [0.2, 0.25) is 0 Å². The van der Waals surface area contributed by atoms with E-state index in [0.717, 1.165) is 25.3 Å². The van der Waals surface area contributed by atoms with Gasteiger partial charge in [0.05, 0.1) is 6.10 Å². The second kappa shape index (κ2) is 10.2. The highest BCUT2D eigenvalue weighted by molar-refractivity contribution is 5.62. The summed E-state index contributed by atoms with van der Waals surface area (Å²) in [6.45, 7) is 5.90. The van der Waals surface area contributed by atoms with E-state index in [1.54, 1.807) is 24.3 Å². The van der Waals surface area contributed by atoms with Gasteiger partial charge in [-0.1, -0.05) is 25.5 Å². The number of aliphatic hydroxyl groups excluding tert-OH is 1. The van der Waals surface area contributed by atoms with E-state index in [4.69, 9.17) is 15.0 Å². The zero-order chi connectivity index (χ0) is 15.5. The van der Waals surface area contributed by atoms with Crippen LogP contribution < -0.4 is 5.32 Å². The maximum atomic E-state index is 9.88. The van der Waals surface area contributed by atoms with Crippen LogP contribution in [-0.2, 0) is 4.79 Å². The summed E-state index contributed by atoms with van der Waals surface area (Å²) in [5.74, 6) is -0.608. The fraction of sp³-hybridized carbons (Fsp3) is 0.533. The summed E-state index contributed by atoms with van der Waals surface area (Å²) in [4.78, 5) is 9.00. The van der Waals surface area contributed by atoms with Crippen LogP contribution in [0.2, 0.25) is 0 Å². The van der Waals surface area contributed by atoms with Crippen LogP contribution in [-0.4, -0.2) is 33.9 Å². The highest BCUT2D eigenvalue weighted by Gasteiger charge is 2.08. The van der Waals surface area contributed by atoms with Crippen molar-refractivity contribution < 1.29 is 20.1 Å². The van der Waals surface area contributed by atoms with Gasteiger partial charge in [0.25, 0.3) is 5.97 Å². The van der Waals surface area contributed by atoms with E-state index < -0.39 is 12.1 Å². The van der Waals surface area contributed by atoms with Gasteiger partial charge >= 0.3 is 0 Å². The number of benzene rings is 1. The minimum Gasteiger partial charge on any atom is -0.508 e. The molecule has 0 aliphatic rings. The molecular weight excluding hydrogens is 258 g/mol. The number of carbonyl (C=O) groups is 1. The lowest BCUT2D eigenvalue weighted by atomic mass is 10.1. The first-order chi connectivity index (χ1) is 9.36. The standard InChI is InChI=1S/C13H21NO2.C2H4O2/c1-3-4-10(2)14-9-13(16)11-5-7-12(15)8-6-11;1-2(3)4/h5-8,10,13-16H,3-4,9H2,1-2H3;1H3,(H,3,4)/t10-,13+;/m1./s1. The molecule has 0 aliphatic heterocycles. The summed E-state index contributed by atoms with van der Waals surface area (Å²) in [7, 11) is 0. The molecule has 5 nitrogen and oxygen atoms in total. The number of rotatable bonds is 6. The third-order valence-electron chi connectivity index (χ3n) is 2.66. The molecule has 0 unspecified atom stereocenters. The SMILES string of the molecule is CC(=O)O.CCC[C@@H](C)NC[C@H](O)c1ccc(O)cc1. The lowest BCUT2D eigenvalue weighted by Crippen LogP contribution is -2.30. The van der Waals surface area contributed by atoms with Gasteiger partial charge in [0, 0.05) is 19.5 Å². The molecule has 0 aliphatic carbocycles. The Bertz CT molecular complexity index is 374. The van der Waals surface area contributed by atoms with E-state index in [1.165, 1.54) is 0 Å². The number of phenols is 1. The number of phenolic OH excluding ortho intramolecular Hbond substituents is 1. The fourth-order valence-electron chi connectivity index (χ4n) is 1.66. The van der Waals surface area contributed by atoms with Crippen molar-refractivity contribution in [3.8, 4) is 5.75 Å². The van der Waals surface area contributed by atoms with Gasteiger partial charge in [-0.25, -0.2) is 0 Å². The van der Waals surface area contributed by atoms with Crippen molar-refractivity contribution in [2.24, 2.45) is 0 Å². The number of hydrogen-bond donors (Lipinski definition) is 4. The van der Waals surface area contributed by atoms with Crippen molar-refractivity contribution in [2.45, 2.75) is 45.8 Å². The highest BCUT2D eigenvalue weighted by atomic mass is 16.4. The molecule has 0 aromatic heterocycles. The van der Waals surface area contributed by atoms with Crippen LogP contribution in [0, 0.1) is 0 Å². The third-order valence-corrected chi connectivity index (χ3v) is 2.66. The molecule has 1 rings (SSSR count). The van der Waals surface area contributed by atoms with Crippen LogP contribution in [0.15, 0.2) is 24.3 Å². The minimum atomic E-state index is -0.833. The summed E-state index contributed by atoms with van der Waals surface area (Å²) in [6.07, 6.45) is 1.74. The maximum Gasteiger partial charge on any atom is 0.300 e. The van der Waals surface area contributed by atoms with E-state index >= 15 is 0 Å². The number of nitrogens with one attached hydrogen (secondary N) is 1. The second-order valence-corrected chi connectivity index (χ2v) is 4.72. The predicted octanol–water partition coefficient (Wildman–Crippen LogP) is 2.29. The first kappa shape index (κ1) is 18.4. The molecule has 0 bridgehead atoms. The predicted molar refractivity (Wildman–Crippen MR) is 78.7 cm³/mol. The summed E-state index contributed by atoms with van der Waals surface area (Å²) < 4.78 is 0. The number of aliphatic carboxylic acids is 1. The smallest absolute Gasteiger partial charge is 0.300 e. The van der Waals surface area contributed by atoms with Crippen LogP contribution in [0.1, 0.15) is 45.3 Å². The lowest BCUT2D eigenvalue weighted by Gasteiger charge is -2.16. The minimum absolute atomic E-state index is 0.225. The molecule has 0 saturated heterocycles. The Morgan fingerprint density at radius 2 is 1.80 bits per heavy atom. The van der Waals surface area contributed by atoms with Crippen molar-refractivity contribution in [3.05, 3.63) is 29.8 Å². The molecule has 0 spiro atoms. The fourth-order valence-corrected chi connectivity index (χ4v) is 1.66. The summed E-state index contributed by atoms with van der Waals surface area (Å²) in [5.41, 5.74) is 0.828. The molecule has 20 heavy (non-hydrogen) atoms. The van der Waals surface area contributed by atoms with Crippen LogP contribution >= 0.6 is 0 Å². The van der Waals surface area contributed by atoms with Gasteiger partial charge in [-0.2, -0.15) is 0 Å². The Kier molecular flexibility index (Phi) is 9.41. The summed E-state index contributed by atoms with van der Waals surface area (Å²) >= 11 is 0. The number of carboxylic acid groups (broad SMARTS) is 1. The molecule has 2 atom stereocenters. The van der Waals surface area contributed by atoms with Crippen LogP contribution in [0.3, 0.4) is 0 Å². The van der Waals surface area contributed by atoms with E-state index in [1.807, 2.05) is 0 Å². The van der Waals surface area contributed by atoms with Crippen molar-refractivity contribution in [1.29, 1.82) is 0 Å². The number of aliphatic hydroxyl groups is 1. The molecule has 1 aromatic rings. The molecule has 5 heteroatoms. The highest BCUT2D eigenvalue weighted by Crippen LogP contribution is 2.16. The van der Waals surface area contributed by atoms with Crippen molar-refractivity contribution in [2.75, 3.05) is 6.54 Å². The Morgan fingerprint density at radius 1 is 1.30 bits per heavy atom. The van der Waals surface area contributed by atoms with Crippen molar-refractivity contribution >= 4 is 5.97 Å². The Balaban J connectivity index is 0.000000796. The van der Waals surface area contributed by atoms with E-state index in [-0.39, 0.29) is 5.75 Å². The number of carboxylic acids is 1. The molecule has 0 amide bonds. The van der Waals surface area contributed by atoms with Crippen molar-refractivity contribution in [1.82, 2.24) is 5.32 Å². The average molecular weight is 283 g/mol. The largest absolute Gasteiger partial charge is 0.508 e. The molecule has 4 N–H and O–H groups in total. The lowest BCUT2D eigenvalue weighted by molar-refractivity contribution is -0.134. The van der Waals surface area contributed by atoms with Gasteiger partial charge in [-0.05, 0) is 31.0 Å².